The molecule has 1 aliphatic rings. The van der Waals surface area contributed by atoms with E-state index in [4.69, 9.17) is 11.6 Å². The molecule has 124 valence electrons. The fourth-order valence-electron chi connectivity index (χ4n) is 2.74. The number of benzene rings is 1. The molecule has 1 saturated heterocycles. The van der Waals surface area contributed by atoms with E-state index in [9.17, 15) is 4.79 Å². The second-order valence-electron chi connectivity index (χ2n) is 5.70. The Morgan fingerprint density at radius 3 is 2.86 bits per heavy atom. The van der Waals surface area contributed by atoms with Gasteiger partial charge < -0.3 is 10.6 Å². The first-order valence-electron chi connectivity index (χ1n) is 7.50. The van der Waals surface area contributed by atoms with Crippen LogP contribution in [0, 0.1) is 6.92 Å². The van der Waals surface area contributed by atoms with E-state index < -0.39 is 0 Å². The summed E-state index contributed by atoms with van der Waals surface area (Å²) in [5.41, 5.74) is 1.70. The molecular formula is C16H25Cl2N3O. The molecule has 0 radical (unpaired) electrons. The third kappa shape index (κ3) is 4.59. The lowest BCUT2D eigenvalue weighted by molar-refractivity contribution is -0.121. The number of rotatable bonds is 4. The highest BCUT2D eigenvalue weighted by Gasteiger charge is 2.26. The third-order valence-corrected chi connectivity index (χ3v) is 4.72. The molecule has 0 aromatic heterocycles. The number of likely N-dealkylation sites (N-methyl/N-ethyl adjacent to an activating group) is 1. The number of carbonyl (C=O) groups excluding carboxylic acids is 1. The Morgan fingerprint density at radius 2 is 2.18 bits per heavy atom. The topological polar surface area (TPSA) is 44.4 Å². The van der Waals surface area contributed by atoms with Gasteiger partial charge in [0.15, 0.2) is 0 Å². The molecule has 6 heteroatoms. The minimum absolute atomic E-state index is 0. The highest BCUT2D eigenvalue weighted by Crippen LogP contribution is 2.23. The van der Waals surface area contributed by atoms with Crippen molar-refractivity contribution < 1.29 is 4.79 Å². The van der Waals surface area contributed by atoms with Crippen LogP contribution >= 0.6 is 24.0 Å². The van der Waals surface area contributed by atoms with Crippen molar-refractivity contribution in [2.75, 3.05) is 25.5 Å². The maximum Gasteiger partial charge on any atom is 0.241 e. The van der Waals surface area contributed by atoms with Crippen LogP contribution < -0.4 is 10.6 Å². The summed E-state index contributed by atoms with van der Waals surface area (Å²) in [6.07, 6.45) is 2.30. The molecule has 0 aliphatic carbocycles. The minimum Gasteiger partial charge on any atom is -0.324 e. The first-order chi connectivity index (χ1) is 10.0. The largest absolute Gasteiger partial charge is 0.324 e. The van der Waals surface area contributed by atoms with Crippen LogP contribution in [-0.4, -0.2) is 43.0 Å². The Kier molecular flexibility index (Phi) is 7.63. The van der Waals surface area contributed by atoms with E-state index in [2.05, 4.69) is 15.5 Å². The van der Waals surface area contributed by atoms with E-state index in [0.29, 0.717) is 11.1 Å². The average Bonchev–Trinajstić information content (AvgIpc) is 2.51. The zero-order valence-corrected chi connectivity index (χ0v) is 14.9. The summed E-state index contributed by atoms with van der Waals surface area (Å²) >= 11 is 6.09. The molecule has 1 heterocycles. The maximum absolute atomic E-state index is 12.5. The van der Waals surface area contributed by atoms with Gasteiger partial charge in [-0.25, -0.2) is 0 Å². The van der Waals surface area contributed by atoms with E-state index in [-0.39, 0.29) is 24.4 Å². The van der Waals surface area contributed by atoms with Crippen LogP contribution in [0.3, 0.4) is 0 Å². The Hall–Kier alpha value is -0.810. The van der Waals surface area contributed by atoms with E-state index in [1.165, 1.54) is 6.42 Å². The molecule has 4 nitrogen and oxygen atoms in total. The average molecular weight is 346 g/mol. The lowest BCUT2D eigenvalue weighted by Crippen LogP contribution is -2.51. The fraction of sp³-hybridized carbons (Fsp3) is 0.562. The van der Waals surface area contributed by atoms with Crippen LogP contribution in [-0.2, 0) is 4.79 Å². The van der Waals surface area contributed by atoms with Crippen molar-refractivity contribution in [1.29, 1.82) is 0 Å². The molecule has 0 spiro atoms. The first-order valence-corrected chi connectivity index (χ1v) is 7.88. The maximum atomic E-state index is 12.5. The van der Waals surface area contributed by atoms with Gasteiger partial charge in [-0.2, -0.15) is 0 Å². The molecule has 2 atom stereocenters. The zero-order valence-electron chi connectivity index (χ0n) is 13.4. The molecule has 2 unspecified atom stereocenters. The predicted octanol–water partition coefficient (Wildman–Crippen LogP) is 3.08. The van der Waals surface area contributed by atoms with E-state index in [1.807, 2.05) is 39.1 Å². The number of hydrogen-bond acceptors (Lipinski definition) is 3. The molecule has 1 amide bonds. The molecule has 2 rings (SSSR count). The van der Waals surface area contributed by atoms with Crippen molar-refractivity contribution in [1.82, 2.24) is 10.2 Å². The summed E-state index contributed by atoms with van der Waals surface area (Å²) in [4.78, 5) is 14.7. The monoisotopic (exact) mass is 345 g/mol. The van der Waals surface area contributed by atoms with Gasteiger partial charge in [-0.3, -0.25) is 9.69 Å². The van der Waals surface area contributed by atoms with Gasteiger partial charge in [-0.15, -0.1) is 12.4 Å². The van der Waals surface area contributed by atoms with E-state index >= 15 is 0 Å². The molecule has 22 heavy (non-hydrogen) atoms. The van der Waals surface area contributed by atoms with Crippen molar-refractivity contribution in [2.45, 2.75) is 38.8 Å². The SMILES string of the molecule is CNC1CCCN(C(C)C(=O)Nc2cccc(Cl)c2C)C1.Cl. The molecule has 0 bridgehead atoms. The Bertz CT molecular complexity index is 510. The Morgan fingerprint density at radius 1 is 1.45 bits per heavy atom. The summed E-state index contributed by atoms with van der Waals surface area (Å²) in [7, 11) is 1.98. The summed E-state index contributed by atoms with van der Waals surface area (Å²) in [5, 5.41) is 6.97. The van der Waals surface area contributed by atoms with Gasteiger partial charge in [0.1, 0.15) is 0 Å². The summed E-state index contributed by atoms with van der Waals surface area (Å²) in [6, 6.07) is 5.91. The number of nitrogens with one attached hydrogen (secondary N) is 2. The van der Waals surface area contributed by atoms with Crippen LogP contribution in [0.2, 0.25) is 5.02 Å². The number of piperidine rings is 1. The molecule has 1 fully saturated rings. The molecule has 0 saturated carbocycles. The normalized spacial score (nSPS) is 20.1. The number of hydrogen-bond donors (Lipinski definition) is 2. The standard InChI is InChI=1S/C16H24ClN3O.ClH/c1-11-14(17)7-4-8-15(11)19-16(21)12(2)20-9-5-6-13(10-20)18-3;/h4,7-8,12-13,18H,5-6,9-10H2,1-3H3,(H,19,21);1H. The van der Waals surface area contributed by atoms with E-state index in [1.54, 1.807) is 0 Å². The number of anilines is 1. The number of nitrogens with zero attached hydrogens (tertiary/aromatic N) is 1. The first kappa shape index (κ1) is 19.2. The van der Waals surface area contributed by atoms with Crippen LogP contribution in [0.5, 0.6) is 0 Å². The number of likely N-dealkylation sites (tertiary alicyclic amines) is 1. The predicted molar refractivity (Wildman–Crippen MR) is 95.2 cm³/mol. The van der Waals surface area contributed by atoms with Gasteiger partial charge in [0.05, 0.1) is 6.04 Å². The second kappa shape index (κ2) is 8.73. The smallest absolute Gasteiger partial charge is 0.241 e. The highest BCUT2D eigenvalue weighted by atomic mass is 35.5. The van der Waals surface area contributed by atoms with Crippen molar-refractivity contribution in [3.05, 3.63) is 28.8 Å². The van der Waals surface area contributed by atoms with Crippen molar-refractivity contribution in [3.8, 4) is 0 Å². The van der Waals surface area contributed by atoms with Crippen LogP contribution in [0.25, 0.3) is 0 Å². The van der Waals surface area contributed by atoms with Crippen molar-refractivity contribution in [3.63, 3.8) is 0 Å². The quantitative estimate of drug-likeness (QED) is 0.881. The molecule has 1 aromatic carbocycles. The van der Waals surface area contributed by atoms with Gasteiger partial charge in [-0.05, 0) is 58.0 Å². The van der Waals surface area contributed by atoms with Crippen LogP contribution in [0.1, 0.15) is 25.3 Å². The van der Waals surface area contributed by atoms with Crippen LogP contribution in [0.4, 0.5) is 5.69 Å². The number of amides is 1. The summed E-state index contributed by atoms with van der Waals surface area (Å²) in [6.45, 7) is 5.77. The second-order valence-corrected chi connectivity index (χ2v) is 6.11. The third-order valence-electron chi connectivity index (χ3n) is 4.31. The van der Waals surface area contributed by atoms with E-state index in [0.717, 1.165) is 30.8 Å². The lowest BCUT2D eigenvalue weighted by Gasteiger charge is -2.36. The minimum atomic E-state index is -0.139. The summed E-state index contributed by atoms with van der Waals surface area (Å²) in [5.74, 6) is 0.0251. The van der Waals surface area contributed by atoms with Gasteiger partial charge in [0, 0.05) is 23.3 Å². The van der Waals surface area contributed by atoms with Gasteiger partial charge in [0.2, 0.25) is 5.91 Å². The molecule has 1 aromatic rings. The Labute approximate surface area is 144 Å². The summed E-state index contributed by atoms with van der Waals surface area (Å²) < 4.78 is 0. The number of halogens is 2. The Balaban J connectivity index is 0.00000242. The molecule has 1 aliphatic heterocycles. The van der Waals surface area contributed by atoms with Gasteiger partial charge in [0.25, 0.3) is 0 Å². The van der Waals surface area contributed by atoms with Gasteiger partial charge in [-0.1, -0.05) is 17.7 Å². The highest BCUT2D eigenvalue weighted by molar-refractivity contribution is 6.31. The fourth-order valence-corrected chi connectivity index (χ4v) is 2.91. The molecular weight excluding hydrogens is 321 g/mol. The van der Waals surface area contributed by atoms with Gasteiger partial charge >= 0.3 is 0 Å². The van der Waals surface area contributed by atoms with Crippen molar-refractivity contribution in [2.24, 2.45) is 0 Å². The lowest BCUT2D eigenvalue weighted by atomic mass is 10.0. The molecule has 2 N–H and O–H groups in total. The van der Waals surface area contributed by atoms with Crippen molar-refractivity contribution >= 4 is 35.6 Å². The number of carbonyl (C=O) groups is 1. The zero-order chi connectivity index (χ0) is 15.4. The van der Waals surface area contributed by atoms with Crippen LogP contribution in [0.15, 0.2) is 18.2 Å².